The molecular formula is C26H28N4O5S2. The van der Waals surface area contributed by atoms with Gasteiger partial charge in [0.25, 0.3) is 0 Å². The van der Waals surface area contributed by atoms with Gasteiger partial charge in [-0.05, 0) is 28.8 Å². The van der Waals surface area contributed by atoms with Gasteiger partial charge < -0.3 is 5.73 Å². The highest BCUT2D eigenvalue weighted by Crippen LogP contribution is 2.36. The summed E-state index contributed by atoms with van der Waals surface area (Å²) in [5.74, 6) is -1.16. The lowest BCUT2D eigenvalue weighted by Crippen LogP contribution is -2.29. The Hall–Kier alpha value is -3.38. The molecule has 37 heavy (non-hydrogen) atoms. The smallest absolute Gasteiger partial charge is 0.238 e. The lowest BCUT2D eigenvalue weighted by Gasteiger charge is -2.18. The van der Waals surface area contributed by atoms with E-state index in [1.165, 1.54) is 10.4 Å². The third-order valence-electron chi connectivity index (χ3n) is 6.63. The van der Waals surface area contributed by atoms with Crippen molar-refractivity contribution < 1.29 is 21.6 Å². The highest BCUT2D eigenvalue weighted by atomic mass is 32.2. The topological polar surface area (TPSA) is 164 Å². The van der Waals surface area contributed by atoms with Gasteiger partial charge in [-0.2, -0.15) is 0 Å². The van der Waals surface area contributed by atoms with E-state index in [9.17, 15) is 21.6 Å². The van der Waals surface area contributed by atoms with Crippen LogP contribution in [0.25, 0.3) is 11.1 Å². The summed E-state index contributed by atoms with van der Waals surface area (Å²) in [7, 11) is -7.42. The molecular weight excluding hydrogens is 512 g/mol. The largest absolute Gasteiger partial charge is 0.384 e. The molecule has 0 saturated carbocycles. The second-order valence-electron chi connectivity index (χ2n) is 9.21. The molecule has 0 spiro atoms. The molecule has 11 heteroatoms. The van der Waals surface area contributed by atoms with Crippen molar-refractivity contribution in [1.29, 1.82) is 5.41 Å². The molecule has 5 N–H and O–H groups in total. The van der Waals surface area contributed by atoms with E-state index < -0.39 is 26.0 Å². The zero-order valence-corrected chi connectivity index (χ0v) is 21.8. The first kappa shape index (κ1) is 26.7. The molecule has 4 rings (SSSR count). The number of carbonyl (C=O) groups is 1. The Morgan fingerprint density at radius 2 is 1.65 bits per heavy atom. The van der Waals surface area contributed by atoms with Gasteiger partial charge in [0.1, 0.15) is 11.6 Å². The number of sulfonamides is 2. The maximum absolute atomic E-state index is 13.4. The van der Waals surface area contributed by atoms with Crippen LogP contribution in [-0.2, 0) is 31.3 Å². The quantitative estimate of drug-likeness (QED) is 0.292. The summed E-state index contributed by atoms with van der Waals surface area (Å²) in [5, 5.41) is 13.1. The lowest BCUT2D eigenvalue weighted by atomic mass is 9.83. The number of amidine groups is 1. The van der Waals surface area contributed by atoms with E-state index in [0.29, 0.717) is 16.7 Å². The monoisotopic (exact) mass is 540 g/mol. The molecule has 0 radical (unpaired) electrons. The molecule has 1 heterocycles. The zero-order chi connectivity index (χ0) is 27.0. The van der Waals surface area contributed by atoms with Crippen LogP contribution in [0.2, 0.25) is 0 Å². The van der Waals surface area contributed by atoms with Crippen LogP contribution >= 0.6 is 0 Å². The number of primary sulfonamides is 1. The van der Waals surface area contributed by atoms with Crippen molar-refractivity contribution >= 4 is 31.7 Å². The molecule has 3 aromatic rings. The maximum Gasteiger partial charge on any atom is 0.238 e. The van der Waals surface area contributed by atoms with Crippen molar-refractivity contribution in [3.63, 3.8) is 0 Å². The van der Waals surface area contributed by atoms with Crippen LogP contribution in [-0.4, -0.2) is 52.1 Å². The number of hydrogen-bond donors (Lipinski definition) is 3. The fourth-order valence-corrected chi connectivity index (χ4v) is 6.35. The molecule has 0 amide bonds. The van der Waals surface area contributed by atoms with Crippen molar-refractivity contribution in [2.75, 3.05) is 19.3 Å². The van der Waals surface area contributed by atoms with E-state index in [0.717, 1.165) is 17.4 Å². The Morgan fingerprint density at radius 1 is 0.973 bits per heavy atom. The first-order valence-electron chi connectivity index (χ1n) is 11.5. The van der Waals surface area contributed by atoms with Crippen molar-refractivity contribution in [2.45, 2.75) is 17.2 Å². The van der Waals surface area contributed by atoms with E-state index >= 15 is 0 Å². The Bertz CT molecular complexity index is 1570. The Labute approximate surface area is 216 Å². The summed E-state index contributed by atoms with van der Waals surface area (Å²) in [5.41, 5.74) is 8.73. The maximum atomic E-state index is 13.4. The second-order valence-corrected chi connectivity index (χ2v) is 12.7. The third kappa shape index (κ3) is 5.96. The second kappa shape index (κ2) is 10.2. The van der Waals surface area contributed by atoms with Crippen LogP contribution in [0.5, 0.6) is 0 Å². The summed E-state index contributed by atoms with van der Waals surface area (Å²) in [4.78, 5) is 13.5. The van der Waals surface area contributed by atoms with Crippen LogP contribution in [0.15, 0.2) is 77.7 Å². The number of nitrogens with one attached hydrogen (secondary N) is 1. The first-order valence-corrected chi connectivity index (χ1v) is 14.9. The highest BCUT2D eigenvalue weighted by molar-refractivity contribution is 7.89. The highest BCUT2D eigenvalue weighted by Gasteiger charge is 2.41. The van der Waals surface area contributed by atoms with Gasteiger partial charge in [-0.1, -0.05) is 60.7 Å². The fourth-order valence-electron chi connectivity index (χ4n) is 4.73. The molecule has 0 aromatic heterocycles. The van der Waals surface area contributed by atoms with Gasteiger partial charge in [-0.25, -0.2) is 26.3 Å². The van der Waals surface area contributed by atoms with Crippen LogP contribution in [0.3, 0.4) is 0 Å². The predicted molar refractivity (Wildman–Crippen MR) is 142 cm³/mol. The molecule has 1 aliphatic rings. The van der Waals surface area contributed by atoms with Crippen molar-refractivity contribution in [3.8, 4) is 11.1 Å². The van der Waals surface area contributed by atoms with Gasteiger partial charge in [-0.15, -0.1) is 0 Å². The SMILES string of the molecule is CS(=O)(=O)N1C[C@@H](C(=O)Cc2ccc(-c3ccccc3S(N)(=O)=O)cc2)[C@H](c2cccc(C(=N)N)c2)C1. The van der Waals surface area contributed by atoms with Gasteiger partial charge in [0, 0.05) is 42.5 Å². The number of nitrogen functional groups attached to an aromatic ring is 1. The van der Waals surface area contributed by atoms with E-state index in [2.05, 4.69) is 0 Å². The van der Waals surface area contributed by atoms with E-state index in [-0.39, 0.29) is 41.9 Å². The Balaban J connectivity index is 1.59. The van der Waals surface area contributed by atoms with Crippen molar-refractivity contribution in [3.05, 3.63) is 89.5 Å². The molecule has 3 aromatic carbocycles. The number of hydrogen-bond acceptors (Lipinski definition) is 6. The van der Waals surface area contributed by atoms with E-state index in [4.69, 9.17) is 16.3 Å². The minimum Gasteiger partial charge on any atom is -0.384 e. The third-order valence-corrected chi connectivity index (χ3v) is 8.84. The molecule has 2 atom stereocenters. The minimum absolute atomic E-state index is 0.0151. The van der Waals surface area contributed by atoms with Gasteiger partial charge in [-0.3, -0.25) is 10.2 Å². The summed E-state index contributed by atoms with van der Waals surface area (Å²) >= 11 is 0. The van der Waals surface area contributed by atoms with Crippen LogP contribution in [0, 0.1) is 11.3 Å². The predicted octanol–water partition coefficient (Wildman–Crippen LogP) is 2.07. The van der Waals surface area contributed by atoms with Gasteiger partial charge in [0.2, 0.25) is 20.0 Å². The summed E-state index contributed by atoms with van der Waals surface area (Å²) in [6.07, 6.45) is 1.21. The number of benzene rings is 3. The molecule has 0 bridgehead atoms. The lowest BCUT2D eigenvalue weighted by molar-refractivity contribution is -0.122. The van der Waals surface area contributed by atoms with E-state index in [1.807, 2.05) is 6.07 Å². The number of nitrogens with two attached hydrogens (primary N) is 2. The average Bonchev–Trinajstić information content (AvgIpc) is 3.31. The van der Waals surface area contributed by atoms with Crippen LogP contribution < -0.4 is 10.9 Å². The number of ketones is 1. The van der Waals surface area contributed by atoms with Crippen LogP contribution in [0.4, 0.5) is 0 Å². The molecule has 1 saturated heterocycles. The van der Waals surface area contributed by atoms with Crippen LogP contribution in [0.1, 0.15) is 22.6 Å². The zero-order valence-electron chi connectivity index (χ0n) is 20.2. The number of Topliss-reactive ketones (excluding diaryl/α,β-unsaturated/α-hetero) is 1. The summed E-state index contributed by atoms with van der Waals surface area (Å²) < 4.78 is 49.8. The molecule has 1 fully saturated rings. The van der Waals surface area contributed by atoms with E-state index in [1.54, 1.807) is 60.7 Å². The van der Waals surface area contributed by atoms with Gasteiger partial charge >= 0.3 is 0 Å². The Kier molecular flexibility index (Phi) is 7.33. The fraction of sp³-hybridized carbons (Fsp3) is 0.231. The van der Waals surface area contributed by atoms with Gasteiger partial charge in [0.15, 0.2) is 0 Å². The molecule has 0 unspecified atom stereocenters. The standard InChI is InChI=1S/C26H28N4O5S2/c1-36(32,33)30-15-22(19-5-4-6-20(14-19)26(27)28)23(16-30)24(31)13-17-9-11-18(12-10-17)21-7-2-3-8-25(21)37(29,34)35/h2-12,14,22-23H,13,15-16H2,1H3,(H3,27,28)(H2,29,34,35)/t22-,23+/m0/s1. The minimum atomic E-state index is -3.91. The molecule has 9 nitrogen and oxygen atoms in total. The Morgan fingerprint density at radius 3 is 2.27 bits per heavy atom. The number of carbonyl (C=O) groups excluding carboxylic acids is 1. The van der Waals surface area contributed by atoms with Crippen molar-refractivity contribution in [2.24, 2.45) is 16.8 Å². The van der Waals surface area contributed by atoms with Gasteiger partial charge in [0.05, 0.1) is 11.2 Å². The molecule has 194 valence electrons. The summed E-state index contributed by atoms with van der Waals surface area (Å²) in [6.45, 7) is 0.242. The number of rotatable bonds is 8. The molecule has 1 aliphatic heterocycles. The normalized spacial score (nSPS) is 18.5. The molecule has 0 aliphatic carbocycles. The van der Waals surface area contributed by atoms with Crippen molar-refractivity contribution in [1.82, 2.24) is 4.31 Å². The first-order chi connectivity index (χ1) is 17.3. The number of nitrogens with zero attached hydrogens (tertiary/aromatic N) is 1. The summed E-state index contributed by atoms with van der Waals surface area (Å²) in [6, 6.07) is 20.4. The average molecular weight is 541 g/mol.